The van der Waals surface area contributed by atoms with Crippen LogP contribution in [0.1, 0.15) is 32.7 Å². The fourth-order valence-electron chi connectivity index (χ4n) is 2.80. The first kappa shape index (κ1) is 18.0. The molecular formula is C17H22N4O2S2. The van der Waals surface area contributed by atoms with Crippen molar-refractivity contribution < 1.29 is 9.59 Å². The van der Waals surface area contributed by atoms with Crippen LogP contribution in [-0.2, 0) is 17.8 Å². The topological polar surface area (TPSA) is 65.5 Å². The number of anilines is 1. The number of nitrogens with zero attached hydrogens (tertiary/aromatic N) is 3. The second-order valence-electron chi connectivity index (χ2n) is 6.44. The van der Waals surface area contributed by atoms with Gasteiger partial charge in [-0.05, 0) is 31.9 Å². The molecule has 2 amide bonds. The third-order valence-electron chi connectivity index (χ3n) is 4.29. The zero-order valence-corrected chi connectivity index (χ0v) is 16.5. The van der Waals surface area contributed by atoms with Gasteiger partial charge in [0.2, 0.25) is 5.91 Å². The summed E-state index contributed by atoms with van der Waals surface area (Å²) >= 11 is 3.01. The van der Waals surface area contributed by atoms with E-state index in [0.717, 1.165) is 29.1 Å². The van der Waals surface area contributed by atoms with Crippen molar-refractivity contribution in [1.29, 1.82) is 0 Å². The first-order valence-corrected chi connectivity index (χ1v) is 9.85. The van der Waals surface area contributed by atoms with Crippen LogP contribution in [0, 0.1) is 6.92 Å². The number of thiophene rings is 1. The van der Waals surface area contributed by atoms with E-state index in [1.54, 1.807) is 30.3 Å². The van der Waals surface area contributed by atoms with Gasteiger partial charge in [0, 0.05) is 37.4 Å². The molecule has 0 spiro atoms. The Morgan fingerprint density at radius 3 is 2.80 bits per heavy atom. The highest BCUT2D eigenvalue weighted by molar-refractivity contribution is 7.14. The maximum absolute atomic E-state index is 12.5. The van der Waals surface area contributed by atoms with E-state index < -0.39 is 0 Å². The molecule has 1 aliphatic heterocycles. The van der Waals surface area contributed by atoms with Gasteiger partial charge >= 0.3 is 0 Å². The van der Waals surface area contributed by atoms with Crippen LogP contribution in [0.25, 0.3) is 0 Å². The summed E-state index contributed by atoms with van der Waals surface area (Å²) in [6.07, 6.45) is 0.870. The highest BCUT2D eigenvalue weighted by Crippen LogP contribution is 2.29. The summed E-state index contributed by atoms with van der Waals surface area (Å²) in [6, 6.07) is 1.73. The van der Waals surface area contributed by atoms with E-state index in [-0.39, 0.29) is 17.9 Å². The van der Waals surface area contributed by atoms with Crippen molar-refractivity contribution in [2.75, 3.05) is 26.0 Å². The number of nitrogens with one attached hydrogen (secondary N) is 1. The number of fused-ring (bicyclic) bond motifs is 1. The van der Waals surface area contributed by atoms with Crippen molar-refractivity contribution in [3.05, 3.63) is 32.5 Å². The van der Waals surface area contributed by atoms with Gasteiger partial charge < -0.3 is 10.2 Å². The minimum absolute atomic E-state index is 0.0379. The molecule has 1 atom stereocenters. The zero-order chi connectivity index (χ0) is 18.1. The van der Waals surface area contributed by atoms with Crippen molar-refractivity contribution in [3.63, 3.8) is 0 Å². The van der Waals surface area contributed by atoms with Crippen molar-refractivity contribution in [1.82, 2.24) is 14.8 Å². The molecule has 1 N–H and O–H groups in total. The molecule has 0 aliphatic carbocycles. The molecule has 2 aromatic heterocycles. The Kier molecular flexibility index (Phi) is 5.21. The number of amides is 2. The van der Waals surface area contributed by atoms with Gasteiger partial charge in [-0.25, -0.2) is 4.98 Å². The van der Waals surface area contributed by atoms with Gasteiger partial charge in [-0.1, -0.05) is 0 Å². The average Bonchev–Trinajstić information content (AvgIpc) is 3.18. The number of aryl methyl sites for hydroxylation is 1. The van der Waals surface area contributed by atoms with Crippen LogP contribution in [-0.4, -0.2) is 53.3 Å². The Balaban J connectivity index is 1.67. The van der Waals surface area contributed by atoms with Crippen molar-refractivity contribution in [2.45, 2.75) is 32.9 Å². The van der Waals surface area contributed by atoms with E-state index in [0.29, 0.717) is 11.7 Å². The summed E-state index contributed by atoms with van der Waals surface area (Å²) < 4.78 is 0. The molecule has 0 radical (unpaired) electrons. The van der Waals surface area contributed by atoms with Crippen molar-refractivity contribution in [3.8, 4) is 0 Å². The van der Waals surface area contributed by atoms with E-state index in [1.165, 1.54) is 16.2 Å². The van der Waals surface area contributed by atoms with E-state index in [1.807, 2.05) is 25.3 Å². The van der Waals surface area contributed by atoms with Crippen LogP contribution in [0.5, 0.6) is 0 Å². The number of thiazole rings is 1. The van der Waals surface area contributed by atoms with Crippen LogP contribution in [0.2, 0.25) is 0 Å². The first-order chi connectivity index (χ1) is 11.8. The Bertz CT molecular complexity index is 796. The average molecular weight is 379 g/mol. The normalized spacial score (nSPS) is 15.5. The Hall–Kier alpha value is -1.77. The summed E-state index contributed by atoms with van der Waals surface area (Å²) in [4.78, 5) is 34.7. The summed E-state index contributed by atoms with van der Waals surface area (Å²) in [6.45, 7) is 5.33. The molecule has 2 aromatic rings. The molecule has 3 heterocycles. The predicted octanol–water partition coefficient (Wildman–Crippen LogP) is 2.60. The quantitative estimate of drug-likeness (QED) is 0.888. The van der Waals surface area contributed by atoms with Gasteiger partial charge in [-0.2, -0.15) is 0 Å². The number of carbonyl (C=O) groups is 2. The second kappa shape index (κ2) is 7.23. The fourth-order valence-corrected chi connectivity index (χ4v) is 4.67. The minimum atomic E-state index is -0.245. The SMILES string of the molecule is Cc1csc(NC(=O)C(C)N2CCc3sc(C(=O)N(C)C)cc3C2)n1. The summed E-state index contributed by atoms with van der Waals surface area (Å²) in [5, 5.41) is 5.45. The standard InChI is InChI=1S/C17H22N4O2S2/c1-10-9-24-17(18-10)19-15(22)11(2)21-6-5-13-12(8-21)7-14(25-13)16(23)20(3)4/h7,9,11H,5-6,8H2,1-4H3,(H,18,19,22). The van der Waals surface area contributed by atoms with Crippen molar-refractivity contribution >= 4 is 39.6 Å². The monoisotopic (exact) mass is 378 g/mol. The molecule has 0 aromatic carbocycles. The summed E-state index contributed by atoms with van der Waals surface area (Å²) in [7, 11) is 3.53. The van der Waals surface area contributed by atoms with Crippen LogP contribution >= 0.6 is 22.7 Å². The number of aromatic nitrogens is 1. The Labute approximate surface area is 155 Å². The lowest BCUT2D eigenvalue weighted by atomic mass is 10.1. The molecule has 3 rings (SSSR count). The van der Waals surface area contributed by atoms with Crippen LogP contribution < -0.4 is 5.32 Å². The lowest BCUT2D eigenvalue weighted by Crippen LogP contribution is -2.44. The Morgan fingerprint density at radius 2 is 2.16 bits per heavy atom. The highest BCUT2D eigenvalue weighted by Gasteiger charge is 2.28. The maximum atomic E-state index is 12.5. The van der Waals surface area contributed by atoms with Gasteiger partial charge in [0.25, 0.3) is 5.91 Å². The van der Waals surface area contributed by atoms with Gasteiger partial charge in [0.15, 0.2) is 5.13 Å². The predicted molar refractivity (Wildman–Crippen MR) is 101 cm³/mol. The molecule has 0 bridgehead atoms. The molecule has 0 fully saturated rings. The molecule has 1 unspecified atom stereocenters. The Morgan fingerprint density at radius 1 is 1.40 bits per heavy atom. The molecule has 134 valence electrons. The number of hydrogen-bond acceptors (Lipinski definition) is 6. The third-order valence-corrected chi connectivity index (χ3v) is 6.39. The largest absolute Gasteiger partial charge is 0.344 e. The lowest BCUT2D eigenvalue weighted by molar-refractivity contribution is -0.121. The van der Waals surface area contributed by atoms with Gasteiger partial charge in [0.05, 0.1) is 16.6 Å². The van der Waals surface area contributed by atoms with Crippen LogP contribution in [0.4, 0.5) is 5.13 Å². The second-order valence-corrected chi connectivity index (χ2v) is 8.43. The van der Waals surface area contributed by atoms with Gasteiger partial charge in [-0.3, -0.25) is 14.5 Å². The van der Waals surface area contributed by atoms with Crippen LogP contribution in [0.3, 0.4) is 0 Å². The number of hydrogen-bond donors (Lipinski definition) is 1. The number of carbonyl (C=O) groups excluding carboxylic acids is 2. The summed E-state index contributed by atoms with van der Waals surface area (Å²) in [5.74, 6) is -0.00602. The third kappa shape index (κ3) is 3.91. The molecule has 1 aliphatic rings. The van der Waals surface area contributed by atoms with Crippen molar-refractivity contribution in [2.24, 2.45) is 0 Å². The number of rotatable bonds is 4. The van der Waals surface area contributed by atoms with E-state index in [2.05, 4.69) is 15.2 Å². The highest BCUT2D eigenvalue weighted by atomic mass is 32.1. The smallest absolute Gasteiger partial charge is 0.263 e. The first-order valence-electron chi connectivity index (χ1n) is 8.15. The zero-order valence-electron chi connectivity index (χ0n) is 14.8. The van der Waals surface area contributed by atoms with Crippen LogP contribution in [0.15, 0.2) is 11.4 Å². The molecule has 25 heavy (non-hydrogen) atoms. The van der Waals surface area contributed by atoms with Gasteiger partial charge in [-0.15, -0.1) is 22.7 Å². The fraction of sp³-hybridized carbons (Fsp3) is 0.471. The molecule has 0 saturated carbocycles. The minimum Gasteiger partial charge on any atom is -0.344 e. The van der Waals surface area contributed by atoms with E-state index in [9.17, 15) is 9.59 Å². The van der Waals surface area contributed by atoms with Gasteiger partial charge in [0.1, 0.15) is 0 Å². The maximum Gasteiger partial charge on any atom is 0.263 e. The summed E-state index contributed by atoms with van der Waals surface area (Å²) in [5.41, 5.74) is 2.07. The van der Waals surface area contributed by atoms with E-state index >= 15 is 0 Å². The molecule has 0 saturated heterocycles. The molecule has 6 nitrogen and oxygen atoms in total. The lowest BCUT2D eigenvalue weighted by Gasteiger charge is -2.31. The molecular weight excluding hydrogens is 356 g/mol. The van der Waals surface area contributed by atoms with E-state index in [4.69, 9.17) is 0 Å². The molecule has 8 heteroatoms.